The number of rotatable bonds is 5. The number of aliphatic hydroxyl groups excluding tert-OH is 1. The molecule has 0 fully saturated rings. The van der Waals surface area contributed by atoms with Gasteiger partial charge in [-0.15, -0.1) is 0 Å². The van der Waals surface area contributed by atoms with E-state index in [0.29, 0.717) is 5.56 Å². The van der Waals surface area contributed by atoms with E-state index in [0.717, 1.165) is 11.3 Å². The van der Waals surface area contributed by atoms with Crippen molar-refractivity contribution in [2.75, 3.05) is 19.0 Å². The molecule has 4 heteroatoms. The lowest BCUT2D eigenvalue weighted by atomic mass is 9.92. The van der Waals surface area contributed by atoms with E-state index in [2.05, 4.69) is 5.32 Å². The predicted octanol–water partition coefficient (Wildman–Crippen LogP) is 3.46. The van der Waals surface area contributed by atoms with E-state index in [1.54, 1.807) is 12.1 Å². The minimum atomic E-state index is -0.779. The average molecular weight is 289 g/mol. The molecule has 0 aliphatic rings. The van der Waals surface area contributed by atoms with Crippen LogP contribution in [-0.4, -0.2) is 18.8 Å². The van der Waals surface area contributed by atoms with Gasteiger partial charge in [0.05, 0.1) is 19.3 Å². The van der Waals surface area contributed by atoms with E-state index >= 15 is 0 Å². The van der Waals surface area contributed by atoms with Crippen molar-refractivity contribution >= 4 is 5.69 Å². The lowest BCUT2D eigenvalue weighted by molar-refractivity contribution is 0.223. The van der Waals surface area contributed by atoms with Crippen molar-refractivity contribution in [1.82, 2.24) is 0 Å². The first-order chi connectivity index (χ1) is 10.00. The van der Waals surface area contributed by atoms with Crippen LogP contribution in [0.3, 0.4) is 0 Å². The normalized spacial score (nSPS) is 13.6. The van der Waals surface area contributed by atoms with E-state index in [-0.39, 0.29) is 12.4 Å². The summed E-state index contributed by atoms with van der Waals surface area (Å²) in [5, 5.41) is 13.1. The lowest BCUT2D eigenvalue weighted by Gasteiger charge is -2.31. The van der Waals surface area contributed by atoms with Gasteiger partial charge in [0.1, 0.15) is 0 Å². The smallest absolute Gasteiger partial charge is 0.165 e. The lowest BCUT2D eigenvalue weighted by Crippen LogP contribution is -2.36. The number of hydrogen-bond donors (Lipinski definition) is 2. The average Bonchev–Trinajstić information content (AvgIpc) is 2.49. The van der Waals surface area contributed by atoms with Gasteiger partial charge in [0.15, 0.2) is 11.6 Å². The highest BCUT2D eigenvalue weighted by Crippen LogP contribution is 2.30. The molecule has 0 saturated carbocycles. The molecule has 0 radical (unpaired) electrons. The van der Waals surface area contributed by atoms with Crippen molar-refractivity contribution in [1.29, 1.82) is 0 Å². The summed E-state index contributed by atoms with van der Waals surface area (Å²) in [6.45, 7) is 3.66. The summed E-state index contributed by atoms with van der Waals surface area (Å²) in [6, 6.07) is 12.5. The maximum absolute atomic E-state index is 13.9. The van der Waals surface area contributed by atoms with Gasteiger partial charge in [0, 0.05) is 5.69 Å². The molecule has 1 unspecified atom stereocenters. The van der Waals surface area contributed by atoms with E-state index in [1.165, 1.54) is 13.2 Å². The Hall–Kier alpha value is -2.07. The molecule has 3 nitrogen and oxygen atoms in total. The minimum absolute atomic E-state index is 0.160. The van der Waals surface area contributed by atoms with Gasteiger partial charge in [0.25, 0.3) is 0 Å². The molecule has 1 atom stereocenters. The first kappa shape index (κ1) is 15.3. The topological polar surface area (TPSA) is 41.5 Å². The molecule has 2 aromatic rings. The van der Waals surface area contributed by atoms with Crippen molar-refractivity contribution < 1.29 is 14.2 Å². The first-order valence-corrected chi connectivity index (χ1v) is 6.79. The zero-order chi connectivity index (χ0) is 15.5. The summed E-state index contributed by atoms with van der Waals surface area (Å²) in [5.74, 6) is -0.254. The van der Waals surface area contributed by atoms with Crippen LogP contribution in [0, 0.1) is 12.7 Å². The molecule has 0 aliphatic carbocycles. The van der Waals surface area contributed by atoms with Gasteiger partial charge in [-0.1, -0.05) is 24.3 Å². The summed E-state index contributed by atoms with van der Waals surface area (Å²) in [4.78, 5) is 0. The van der Waals surface area contributed by atoms with Crippen LogP contribution in [0.15, 0.2) is 42.5 Å². The number of anilines is 1. The number of hydrogen-bond acceptors (Lipinski definition) is 3. The van der Waals surface area contributed by atoms with E-state index in [4.69, 9.17) is 4.74 Å². The molecular weight excluding hydrogens is 269 g/mol. The maximum Gasteiger partial charge on any atom is 0.165 e. The Kier molecular flexibility index (Phi) is 4.48. The van der Waals surface area contributed by atoms with Crippen LogP contribution < -0.4 is 10.1 Å². The van der Waals surface area contributed by atoms with Gasteiger partial charge < -0.3 is 15.2 Å². The van der Waals surface area contributed by atoms with E-state index < -0.39 is 11.4 Å². The molecule has 2 rings (SSSR count). The van der Waals surface area contributed by atoms with Crippen molar-refractivity contribution in [3.8, 4) is 5.75 Å². The number of ether oxygens (including phenoxy) is 1. The van der Waals surface area contributed by atoms with Crippen molar-refractivity contribution in [3.63, 3.8) is 0 Å². The molecule has 0 saturated heterocycles. The van der Waals surface area contributed by atoms with Crippen molar-refractivity contribution in [3.05, 3.63) is 59.4 Å². The second kappa shape index (κ2) is 6.14. The highest BCUT2D eigenvalue weighted by Gasteiger charge is 2.27. The molecule has 0 bridgehead atoms. The Labute approximate surface area is 124 Å². The summed E-state index contributed by atoms with van der Waals surface area (Å²) in [6.07, 6.45) is 0. The molecule has 2 N–H and O–H groups in total. The zero-order valence-electron chi connectivity index (χ0n) is 12.5. The van der Waals surface area contributed by atoms with Crippen LogP contribution in [0.4, 0.5) is 10.1 Å². The Morgan fingerprint density at radius 1 is 1.24 bits per heavy atom. The number of nitrogens with one attached hydrogen (secondary N) is 1. The molecular formula is C17H20FNO2. The molecule has 0 aliphatic heterocycles. The van der Waals surface area contributed by atoms with Crippen LogP contribution in [0.5, 0.6) is 5.75 Å². The highest BCUT2D eigenvalue weighted by atomic mass is 19.1. The molecule has 0 spiro atoms. The third-order valence-corrected chi connectivity index (χ3v) is 3.66. The molecule has 0 aromatic heterocycles. The quantitative estimate of drug-likeness (QED) is 0.885. The number of methoxy groups -OCH3 is 1. The van der Waals surface area contributed by atoms with Gasteiger partial charge in [-0.3, -0.25) is 0 Å². The van der Waals surface area contributed by atoms with Crippen molar-refractivity contribution in [2.24, 2.45) is 0 Å². The minimum Gasteiger partial charge on any atom is -0.494 e. The highest BCUT2D eigenvalue weighted by molar-refractivity contribution is 5.54. The molecule has 21 heavy (non-hydrogen) atoms. The van der Waals surface area contributed by atoms with E-state index in [9.17, 15) is 9.50 Å². The predicted molar refractivity (Wildman–Crippen MR) is 82.2 cm³/mol. The summed E-state index contributed by atoms with van der Waals surface area (Å²) < 4.78 is 18.8. The maximum atomic E-state index is 13.9. The van der Waals surface area contributed by atoms with Crippen LogP contribution in [0.2, 0.25) is 0 Å². The number of halogens is 1. The van der Waals surface area contributed by atoms with Crippen LogP contribution in [0.25, 0.3) is 0 Å². The fraction of sp³-hybridized carbons (Fsp3) is 0.294. The summed E-state index contributed by atoms with van der Waals surface area (Å²) in [5.41, 5.74) is 1.85. The van der Waals surface area contributed by atoms with Crippen molar-refractivity contribution in [2.45, 2.75) is 19.4 Å². The van der Waals surface area contributed by atoms with Crippen LogP contribution >= 0.6 is 0 Å². The number of para-hydroxylation sites is 1. The zero-order valence-corrected chi connectivity index (χ0v) is 12.5. The molecule has 0 amide bonds. The largest absolute Gasteiger partial charge is 0.494 e. The summed E-state index contributed by atoms with van der Waals surface area (Å²) >= 11 is 0. The molecule has 0 heterocycles. The first-order valence-electron chi connectivity index (χ1n) is 6.79. The Morgan fingerprint density at radius 2 is 1.95 bits per heavy atom. The monoisotopic (exact) mass is 289 g/mol. The van der Waals surface area contributed by atoms with Gasteiger partial charge in [-0.25, -0.2) is 4.39 Å². The standard InChI is InChI=1S/C17H20FNO2/c1-12-6-4-5-7-15(12)19-17(2,11-20)13-8-9-16(21-3)14(18)10-13/h4-10,19-20H,11H2,1-3H3. The van der Waals surface area contributed by atoms with Gasteiger partial charge in [-0.2, -0.15) is 0 Å². The van der Waals surface area contributed by atoms with Gasteiger partial charge in [0.2, 0.25) is 0 Å². The van der Waals surface area contributed by atoms with Gasteiger partial charge >= 0.3 is 0 Å². The fourth-order valence-electron chi connectivity index (χ4n) is 2.22. The number of benzene rings is 2. The third-order valence-electron chi connectivity index (χ3n) is 3.66. The Morgan fingerprint density at radius 3 is 2.52 bits per heavy atom. The van der Waals surface area contributed by atoms with Gasteiger partial charge in [-0.05, 0) is 43.2 Å². The van der Waals surface area contributed by atoms with Crippen LogP contribution in [0.1, 0.15) is 18.1 Å². The second-order valence-corrected chi connectivity index (χ2v) is 5.28. The SMILES string of the molecule is COc1ccc(C(C)(CO)Nc2ccccc2C)cc1F. The second-order valence-electron chi connectivity index (χ2n) is 5.28. The number of aliphatic hydroxyl groups is 1. The third kappa shape index (κ3) is 3.16. The fourth-order valence-corrected chi connectivity index (χ4v) is 2.22. The van der Waals surface area contributed by atoms with E-state index in [1.807, 2.05) is 38.1 Å². The van der Waals surface area contributed by atoms with Crippen LogP contribution in [-0.2, 0) is 5.54 Å². The Balaban J connectivity index is 2.37. The number of aryl methyl sites for hydroxylation is 1. The molecule has 112 valence electrons. The molecule has 2 aromatic carbocycles. The summed E-state index contributed by atoms with van der Waals surface area (Å²) in [7, 11) is 1.43. The Bertz CT molecular complexity index is 630.